The number of epoxide rings is 1. The van der Waals surface area contributed by atoms with E-state index in [0.717, 1.165) is 0 Å². The maximum atomic E-state index is 9.60. The topological polar surface area (TPSA) is 49.8 Å². The summed E-state index contributed by atoms with van der Waals surface area (Å²) in [6.07, 6.45) is 1.10. The molecule has 2 unspecified atom stereocenters. The van der Waals surface area contributed by atoms with Gasteiger partial charge in [-0.15, -0.1) is 0 Å². The van der Waals surface area contributed by atoms with Gasteiger partial charge in [0.2, 0.25) is 0 Å². The Hall–Kier alpha value is -0.830. The molecule has 3 nitrogen and oxygen atoms in total. The first-order valence-corrected chi connectivity index (χ1v) is 3.49. The number of carboxylic acid groups (broad SMARTS) is 1. The maximum absolute atomic E-state index is 9.60. The summed E-state index contributed by atoms with van der Waals surface area (Å²) in [6, 6.07) is 0. The van der Waals surface area contributed by atoms with E-state index >= 15 is 0 Å². The lowest BCUT2D eigenvalue weighted by Gasteiger charge is -1.79. The van der Waals surface area contributed by atoms with Crippen molar-refractivity contribution >= 4 is 5.97 Å². The van der Waals surface area contributed by atoms with Crippen molar-refractivity contribution in [3.8, 4) is 0 Å². The number of aliphatic carboxylic acids is 1. The fourth-order valence-corrected chi connectivity index (χ4v) is 0.293. The van der Waals surface area contributed by atoms with Gasteiger partial charge in [-0.25, -0.2) is 4.79 Å². The van der Waals surface area contributed by atoms with Crippen LogP contribution in [0.3, 0.4) is 0 Å². The molecule has 0 bridgehead atoms. The maximum Gasteiger partial charge on any atom is 0.330 e. The number of hydrogen-bond acceptors (Lipinski definition) is 2. The lowest BCUT2D eigenvalue weighted by Crippen LogP contribution is -1.92. The van der Waals surface area contributed by atoms with Gasteiger partial charge in [0, 0.05) is 5.57 Å². The summed E-state index contributed by atoms with van der Waals surface area (Å²) in [4.78, 5) is 9.60. The van der Waals surface area contributed by atoms with Crippen LogP contribution in [0.5, 0.6) is 0 Å². The van der Waals surface area contributed by atoms with Crippen LogP contribution in [0.4, 0.5) is 0 Å². The van der Waals surface area contributed by atoms with Crippen molar-refractivity contribution in [3.63, 3.8) is 0 Å². The number of hydrogen-bond donors (Lipinski definition) is 1. The Morgan fingerprint density at radius 1 is 1.45 bits per heavy atom. The molecule has 0 amide bonds. The van der Waals surface area contributed by atoms with Crippen LogP contribution in [0.2, 0.25) is 0 Å². The molecular weight excluding hydrogens is 144 g/mol. The number of carboxylic acids is 1. The molecule has 0 radical (unpaired) electrons. The van der Waals surface area contributed by atoms with Crippen LogP contribution >= 0.6 is 0 Å². The molecule has 1 rings (SSSR count). The summed E-state index contributed by atoms with van der Waals surface area (Å²) >= 11 is 0. The van der Waals surface area contributed by atoms with Crippen LogP contribution in [0.25, 0.3) is 0 Å². The van der Waals surface area contributed by atoms with Crippen molar-refractivity contribution in [2.75, 3.05) is 0 Å². The van der Waals surface area contributed by atoms with Gasteiger partial charge in [-0.2, -0.15) is 0 Å². The molecule has 0 aromatic rings. The Balaban J connectivity index is 0.000000183. The minimum Gasteiger partial charge on any atom is -0.478 e. The van der Waals surface area contributed by atoms with Crippen LogP contribution in [-0.2, 0) is 9.53 Å². The molecule has 1 saturated heterocycles. The minimum absolute atomic E-state index is 0.176. The summed E-state index contributed by atoms with van der Waals surface area (Å²) in [5.74, 6) is -0.935. The van der Waals surface area contributed by atoms with E-state index in [-0.39, 0.29) is 5.57 Å². The average molecular weight is 158 g/mol. The van der Waals surface area contributed by atoms with Gasteiger partial charge < -0.3 is 9.84 Å². The van der Waals surface area contributed by atoms with Gasteiger partial charge in [-0.05, 0) is 20.8 Å². The highest BCUT2D eigenvalue weighted by molar-refractivity contribution is 5.84. The zero-order valence-electron chi connectivity index (χ0n) is 7.13. The first-order valence-electron chi connectivity index (χ1n) is 3.49. The smallest absolute Gasteiger partial charge is 0.330 e. The summed E-state index contributed by atoms with van der Waals surface area (Å²) in [5, 5.41) is 7.89. The Morgan fingerprint density at radius 2 is 1.64 bits per heavy atom. The third-order valence-corrected chi connectivity index (χ3v) is 1.38. The van der Waals surface area contributed by atoms with Crippen molar-refractivity contribution in [1.29, 1.82) is 0 Å². The predicted molar refractivity (Wildman–Crippen MR) is 42.5 cm³/mol. The first-order chi connectivity index (χ1) is 4.95. The third-order valence-electron chi connectivity index (χ3n) is 1.38. The summed E-state index contributed by atoms with van der Waals surface area (Å²) in [7, 11) is 0. The summed E-state index contributed by atoms with van der Waals surface area (Å²) in [5.41, 5.74) is 0.176. The first kappa shape index (κ1) is 10.2. The van der Waals surface area contributed by atoms with Crippen molar-refractivity contribution < 1.29 is 14.6 Å². The molecule has 1 heterocycles. The van der Waals surface area contributed by atoms with Gasteiger partial charge >= 0.3 is 5.97 Å². The molecule has 3 heteroatoms. The van der Waals surface area contributed by atoms with Gasteiger partial charge in [0.1, 0.15) is 0 Å². The molecule has 1 aliphatic heterocycles. The molecule has 2 atom stereocenters. The van der Waals surface area contributed by atoms with Crippen LogP contribution < -0.4 is 0 Å². The van der Waals surface area contributed by atoms with E-state index < -0.39 is 5.97 Å². The van der Waals surface area contributed by atoms with Gasteiger partial charge in [-0.3, -0.25) is 0 Å². The molecule has 0 spiro atoms. The van der Waals surface area contributed by atoms with Crippen LogP contribution in [0.15, 0.2) is 12.2 Å². The predicted octanol–water partition coefficient (Wildman–Crippen LogP) is 1.44. The van der Waals surface area contributed by atoms with E-state index in [4.69, 9.17) is 9.84 Å². The van der Waals surface area contributed by atoms with E-state index in [0.29, 0.717) is 12.2 Å². The van der Waals surface area contributed by atoms with Gasteiger partial charge in [0.25, 0.3) is 0 Å². The SMILES string of the molecule is C=C(C)C(=O)O.CC1OC1C. The lowest BCUT2D eigenvalue weighted by atomic mass is 10.4. The highest BCUT2D eigenvalue weighted by atomic mass is 16.6. The summed E-state index contributed by atoms with van der Waals surface area (Å²) < 4.78 is 4.92. The quantitative estimate of drug-likeness (QED) is 0.464. The van der Waals surface area contributed by atoms with Crippen molar-refractivity contribution in [2.45, 2.75) is 33.0 Å². The molecule has 1 N–H and O–H groups in total. The van der Waals surface area contributed by atoms with Crippen molar-refractivity contribution in [2.24, 2.45) is 0 Å². The van der Waals surface area contributed by atoms with Crippen molar-refractivity contribution in [3.05, 3.63) is 12.2 Å². The highest BCUT2D eigenvalue weighted by Crippen LogP contribution is 2.18. The normalized spacial score (nSPS) is 26.5. The van der Waals surface area contributed by atoms with Gasteiger partial charge in [0.05, 0.1) is 12.2 Å². The minimum atomic E-state index is -0.935. The fourth-order valence-electron chi connectivity index (χ4n) is 0.293. The van der Waals surface area contributed by atoms with Gasteiger partial charge in [-0.1, -0.05) is 6.58 Å². The second-order valence-electron chi connectivity index (χ2n) is 2.63. The largest absolute Gasteiger partial charge is 0.478 e. The van der Waals surface area contributed by atoms with E-state index in [2.05, 4.69) is 20.4 Å². The second-order valence-corrected chi connectivity index (χ2v) is 2.63. The molecule has 1 fully saturated rings. The number of carbonyl (C=O) groups is 1. The molecular formula is C8H14O3. The average Bonchev–Trinajstić information content (AvgIpc) is 2.46. The molecule has 64 valence electrons. The van der Waals surface area contributed by atoms with Crippen LogP contribution in [0, 0.1) is 0 Å². The monoisotopic (exact) mass is 158 g/mol. The van der Waals surface area contributed by atoms with E-state index in [9.17, 15) is 4.79 Å². The molecule has 1 aliphatic rings. The second kappa shape index (κ2) is 4.13. The molecule has 0 saturated carbocycles. The van der Waals surface area contributed by atoms with E-state index in [1.165, 1.54) is 6.92 Å². The standard InChI is InChI=1S/C4H6O2.C4H8O/c1-3(2)4(5)6;1-3-4(2)5-3/h1H2,2H3,(H,5,6);3-4H,1-2H3. The fraction of sp³-hybridized carbons (Fsp3) is 0.625. The van der Waals surface area contributed by atoms with Crippen LogP contribution in [0.1, 0.15) is 20.8 Å². The molecule has 11 heavy (non-hydrogen) atoms. The van der Waals surface area contributed by atoms with Crippen LogP contribution in [-0.4, -0.2) is 23.3 Å². The highest BCUT2D eigenvalue weighted by Gasteiger charge is 2.27. The zero-order chi connectivity index (χ0) is 9.02. The van der Waals surface area contributed by atoms with E-state index in [1.807, 2.05) is 0 Å². The Morgan fingerprint density at radius 3 is 1.64 bits per heavy atom. The molecule has 0 aromatic carbocycles. The Labute approximate surface area is 66.7 Å². The molecule has 0 aromatic heterocycles. The third kappa shape index (κ3) is 5.61. The number of ether oxygens (including phenoxy) is 1. The van der Waals surface area contributed by atoms with Crippen molar-refractivity contribution in [1.82, 2.24) is 0 Å². The van der Waals surface area contributed by atoms with Gasteiger partial charge in [0.15, 0.2) is 0 Å². The Bertz CT molecular complexity index is 145. The summed E-state index contributed by atoms with van der Waals surface area (Å²) in [6.45, 7) is 8.75. The Kier molecular flexibility index (Phi) is 3.82. The van der Waals surface area contributed by atoms with E-state index in [1.54, 1.807) is 0 Å². The zero-order valence-corrected chi connectivity index (χ0v) is 7.13. The lowest BCUT2D eigenvalue weighted by molar-refractivity contribution is -0.132. The molecule has 0 aliphatic carbocycles. The number of rotatable bonds is 1.